The van der Waals surface area contributed by atoms with Gasteiger partial charge in [0.25, 0.3) is 5.91 Å². The number of amides is 1. The molecular formula is C13H24N4O2. The maximum Gasteiger partial charge on any atom is 0.254 e. The van der Waals surface area contributed by atoms with Crippen LogP contribution < -0.4 is 5.32 Å². The van der Waals surface area contributed by atoms with Crippen molar-refractivity contribution in [2.75, 3.05) is 27.2 Å². The monoisotopic (exact) mass is 268 g/mol. The topological polar surface area (TPSA) is 70.4 Å². The molecule has 2 N–H and O–H groups in total. The highest BCUT2D eigenvalue weighted by atomic mass is 16.3. The predicted octanol–water partition coefficient (Wildman–Crippen LogP) is 0.191. The van der Waals surface area contributed by atoms with Crippen LogP contribution in [0.25, 0.3) is 0 Å². The van der Waals surface area contributed by atoms with Gasteiger partial charge in [-0.3, -0.25) is 9.48 Å². The maximum absolute atomic E-state index is 11.8. The molecule has 0 saturated heterocycles. The first-order valence-electron chi connectivity index (χ1n) is 6.53. The lowest BCUT2D eigenvalue weighted by atomic mass is 10.1. The molecule has 0 aliphatic carbocycles. The summed E-state index contributed by atoms with van der Waals surface area (Å²) in [5.41, 5.74) is 0.523. The minimum absolute atomic E-state index is 0.128. The Kier molecular flexibility index (Phi) is 5.98. The van der Waals surface area contributed by atoms with Crippen molar-refractivity contribution < 1.29 is 9.90 Å². The molecule has 1 atom stereocenters. The van der Waals surface area contributed by atoms with Crippen molar-refractivity contribution in [3.05, 3.63) is 18.0 Å². The Balaban J connectivity index is 2.45. The third-order valence-electron chi connectivity index (χ3n) is 2.91. The van der Waals surface area contributed by atoms with Gasteiger partial charge >= 0.3 is 0 Å². The van der Waals surface area contributed by atoms with Gasteiger partial charge < -0.3 is 15.3 Å². The van der Waals surface area contributed by atoms with E-state index in [1.807, 2.05) is 27.9 Å². The molecular weight excluding hydrogens is 244 g/mol. The van der Waals surface area contributed by atoms with E-state index < -0.39 is 6.10 Å². The zero-order valence-corrected chi connectivity index (χ0v) is 12.1. The molecule has 0 saturated carbocycles. The Hall–Kier alpha value is -1.40. The van der Waals surface area contributed by atoms with Crippen LogP contribution in [0.5, 0.6) is 0 Å². The summed E-state index contributed by atoms with van der Waals surface area (Å²) in [6.45, 7) is 5.70. The minimum Gasteiger partial charge on any atom is -0.391 e. The molecule has 0 bridgehead atoms. The van der Waals surface area contributed by atoms with Crippen molar-refractivity contribution in [1.29, 1.82) is 0 Å². The largest absolute Gasteiger partial charge is 0.391 e. The molecule has 0 radical (unpaired) electrons. The smallest absolute Gasteiger partial charge is 0.254 e. The molecule has 6 nitrogen and oxygen atoms in total. The van der Waals surface area contributed by atoms with Gasteiger partial charge in [0.2, 0.25) is 0 Å². The Bertz CT molecular complexity index is 401. The average molecular weight is 268 g/mol. The molecule has 0 aliphatic rings. The molecule has 1 heterocycles. The van der Waals surface area contributed by atoms with Gasteiger partial charge in [-0.25, -0.2) is 0 Å². The van der Waals surface area contributed by atoms with Crippen LogP contribution in [0.2, 0.25) is 0 Å². The number of carbonyl (C=O) groups excluding carboxylic acids is 1. The molecule has 1 aromatic rings. The summed E-state index contributed by atoms with van der Waals surface area (Å²) in [7, 11) is 3.98. The van der Waals surface area contributed by atoms with E-state index in [9.17, 15) is 9.90 Å². The van der Waals surface area contributed by atoms with Crippen molar-refractivity contribution in [2.24, 2.45) is 5.92 Å². The Labute approximate surface area is 114 Å². The quantitative estimate of drug-likeness (QED) is 0.741. The van der Waals surface area contributed by atoms with E-state index in [0.29, 0.717) is 5.56 Å². The molecule has 1 amide bonds. The van der Waals surface area contributed by atoms with Gasteiger partial charge in [-0.05, 0) is 20.0 Å². The van der Waals surface area contributed by atoms with E-state index in [2.05, 4.69) is 15.3 Å². The number of rotatable bonds is 7. The fraction of sp³-hybridized carbons (Fsp3) is 0.692. The summed E-state index contributed by atoms with van der Waals surface area (Å²) < 4.78 is 1.74. The Morgan fingerprint density at radius 1 is 1.53 bits per heavy atom. The highest BCUT2D eigenvalue weighted by Gasteiger charge is 2.13. The second-order valence-corrected chi connectivity index (χ2v) is 5.32. The first-order valence-corrected chi connectivity index (χ1v) is 6.53. The fourth-order valence-corrected chi connectivity index (χ4v) is 1.44. The lowest BCUT2D eigenvalue weighted by Crippen LogP contribution is -2.34. The van der Waals surface area contributed by atoms with Crippen molar-refractivity contribution in [1.82, 2.24) is 20.0 Å². The standard InChI is InChI=1S/C13H24N4O2/c1-10(2)12(18)8-14-13(19)11-7-15-17(9-11)6-5-16(3)4/h7,9-10,12,18H,5-6,8H2,1-4H3,(H,14,19). The van der Waals surface area contributed by atoms with Crippen LogP contribution >= 0.6 is 0 Å². The van der Waals surface area contributed by atoms with Gasteiger partial charge in [0.05, 0.1) is 24.4 Å². The number of aromatic nitrogens is 2. The van der Waals surface area contributed by atoms with Gasteiger partial charge in [-0.1, -0.05) is 13.8 Å². The van der Waals surface area contributed by atoms with Gasteiger partial charge in [-0.15, -0.1) is 0 Å². The van der Waals surface area contributed by atoms with Gasteiger partial charge in [-0.2, -0.15) is 5.10 Å². The minimum atomic E-state index is -0.521. The third kappa shape index (κ3) is 5.40. The summed E-state index contributed by atoms with van der Waals surface area (Å²) in [6.07, 6.45) is 2.75. The van der Waals surface area contributed by atoms with Crippen LogP contribution in [0.4, 0.5) is 0 Å². The fourth-order valence-electron chi connectivity index (χ4n) is 1.44. The first-order chi connectivity index (χ1) is 8.90. The SMILES string of the molecule is CC(C)C(O)CNC(=O)c1cnn(CCN(C)C)c1. The Morgan fingerprint density at radius 2 is 2.21 bits per heavy atom. The zero-order chi connectivity index (χ0) is 14.4. The number of nitrogens with one attached hydrogen (secondary N) is 1. The lowest BCUT2D eigenvalue weighted by molar-refractivity contribution is 0.0871. The van der Waals surface area contributed by atoms with E-state index in [1.54, 1.807) is 17.1 Å². The summed E-state index contributed by atoms with van der Waals surface area (Å²) >= 11 is 0. The highest BCUT2D eigenvalue weighted by molar-refractivity contribution is 5.93. The molecule has 6 heteroatoms. The van der Waals surface area contributed by atoms with Crippen molar-refractivity contribution in [3.8, 4) is 0 Å². The molecule has 0 fully saturated rings. The average Bonchev–Trinajstić information content (AvgIpc) is 2.81. The lowest BCUT2D eigenvalue weighted by Gasteiger charge is -2.14. The van der Waals surface area contributed by atoms with E-state index in [0.717, 1.165) is 13.1 Å². The van der Waals surface area contributed by atoms with Gasteiger partial charge in [0.1, 0.15) is 0 Å². The Morgan fingerprint density at radius 3 is 2.79 bits per heavy atom. The molecule has 19 heavy (non-hydrogen) atoms. The number of likely N-dealkylation sites (N-methyl/N-ethyl adjacent to an activating group) is 1. The van der Waals surface area contributed by atoms with Crippen molar-refractivity contribution in [2.45, 2.75) is 26.5 Å². The highest BCUT2D eigenvalue weighted by Crippen LogP contribution is 2.01. The second kappa shape index (κ2) is 7.25. The van der Waals surface area contributed by atoms with E-state index in [4.69, 9.17) is 0 Å². The van der Waals surface area contributed by atoms with Crippen molar-refractivity contribution >= 4 is 5.91 Å². The summed E-state index contributed by atoms with van der Waals surface area (Å²) in [4.78, 5) is 13.9. The van der Waals surface area contributed by atoms with E-state index in [1.165, 1.54) is 0 Å². The van der Waals surface area contributed by atoms with Crippen LogP contribution in [0.1, 0.15) is 24.2 Å². The number of aliphatic hydroxyl groups excluding tert-OH is 1. The second-order valence-electron chi connectivity index (χ2n) is 5.32. The van der Waals surface area contributed by atoms with Gasteiger partial charge in [0, 0.05) is 19.3 Å². The summed E-state index contributed by atoms with van der Waals surface area (Å²) in [6, 6.07) is 0. The van der Waals surface area contributed by atoms with E-state index in [-0.39, 0.29) is 18.4 Å². The summed E-state index contributed by atoms with van der Waals surface area (Å²) in [5, 5.41) is 16.5. The molecule has 0 spiro atoms. The normalized spacial score (nSPS) is 13.0. The van der Waals surface area contributed by atoms with Gasteiger partial charge in [0.15, 0.2) is 0 Å². The molecule has 1 unspecified atom stereocenters. The molecule has 1 aromatic heterocycles. The first kappa shape index (κ1) is 15.7. The molecule has 1 rings (SSSR count). The zero-order valence-electron chi connectivity index (χ0n) is 12.1. The third-order valence-corrected chi connectivity index (χ3v) is 2.91. The predicted molar refractivity (Wildman–Crippen MR) is 74.0 cm³/mol. The van der Waals surface area contributed by atoms with E-state index >= 15 is 0 Å². The number of aliphatic hydroxyl groups is 1. The van der Waals surface area contributed by atoms with Crippen LogP contribution in [0, 0.1) is 5.92 Å². The summed E-state index contributed by atoms with van der Waals surface area (Å²) in [5.74, 6) is -0.0704. The number of hydrogen-bond donors (Lipinski definition) is 2. The molecule has 0 aliphatic heterocycles. The number of carbonyl (C=O) groups is 1. The van der Waals surface area contributed by atoms with Crippen LogP contribution in [0.15, 0.2) is 12.4 Å². The molecule has 108 valence electrons. The molecule has 0 aromatic carbocycles. The van der Waals surface area contributed by atoms with Crippen LogP contribution in [0.3, 0.4) is 0 Å². The number of hydrogen-bond acceptors (Lipinski definition) is 4. The maximum atomic E-state index is 11.8. The number of nitrogens with zero attached hydrogens (tertiary/aromatic N) is 3. The van der Waals surface area contributed by atoms with Crippen LogP contribution in [-0.2, 0) is 6.54 Å². The van der Waals surface area contributed by atoms with Crippen molar-refractivity contribution in [3.63, 3.8) is 0 Å². The van der Waals surface area contributed by atoms with Crippen LogP contribution in [-0.4, -0.2) is 59.0 Å².